The van der Waals surface area contributed by atoms with Crippen molar-refractivity contribution in [3.63, 3.8) is 0 Å². The molecule has 0 unspecified atom stereocenters. The van der Waals surface area contributed by atoms with E-state index >= 15 is 0 Å². The summed E-state index contributed by atoms with van der Waals surface area (Å²) in [5.41, 5.74) is 0. The Labute approximate surface area is 100 Å². The molecule has 0 aliphatic heterocycles. The van der Waals surface area contributed by atoms with Crippen LogP contribution in [0.25, 0.3) is 0 Å². The van der Waals surface area contributed by atoms with Crippen molar-refractivity contribution in [3.05, 3.63) is 18.2 Å². The van der Waals surface area contributed by atoms with Crippen LogP contribution in [0.5, 0.6) is 0 Å². The quantitative estimate of drug-likeness (QED) is 0.796. The van der Waals surface area contributed by atoms with Gasteiger partial charge in [0, 0.05) is 18.4 Å². The van der Waals surface area contributed by atoms with E-state index in [0.29, 0.717) is 18.2 Å². The molecule has 0 spiro atoms. The van der Waals surface area contributed by atoms with Crippen LogP contribution in [-0.2, 0) is 11.3 Å². The number of imidazole rings is 1. The summed E-state index contributed by atoms with van der Waals surface area (Å²) in [6.45, 7) is 0.171. The first-order chi connectivity index (χ1) is 8.29. The van der Waals surface area contributed by atoms with E-state index in [-0.39, 0.29) is 12.5 Å². The van der Waals surface area contributed by atoms with Gasteiger partial charge in [0.2, 0.25) is 5.91 Å². The van der Waals surface area contributed by atoms with Gasteiger partial charge in [-0.2, -0.15) is 0 Å². The van der Waals surface area contributed by atoms with Gasteiger partial charge in [-0.25, -0.2) is 4.98 Å². The normalized spacial score (nSPS) is 16.7. The Bertz CT molecular complexity index is 394. The standard InChI is InChI=1S/C12H17N3O2/c16-9-11-13-6-7-15(11)8-12(17)14-10-4-2-1-3-5-10/h6-7,9-10H,1-5,8H2,(H,14,17). The summed E-state index contributed by atoms with van der Waals surface area (Å²) in [7, 11) is 0. The zero-order valence-electron chi connectivity index (χ0n) is 9.76. The molecule has 1 heterocycles. The monoisotopic (exact) mass is 235 g/mol. The number of hydrogen-bond acceptors (Lipinski definition) is 3. The molecule has 1 aromatic heterocycles. The lowest BCUT2D eigenvalue weighted by Crippen LogP contribution is -2.38. The lowest BCUT2D eigenvalue weighted by molar-refractivity contribution is -0.122. The van der Waals surface area contributed by atoms with Gasteiger partial charge >= 0.3 is 0 Å². The highest BCUT2D eigenvalue weighted by atomic mass is 16.2. The Morgan fingerprint density at radius 3 is 2.94 bits per heavy atom. The van der Waals surface area contributed by atoms with E-state index in [2.05, 4.69) is 10.3 Å². The minimum Gasteiger partial charge on any atom is -0.352 e. The Balaban J connectivity index is 1.86. The van der Waals surface area contributed by atoms with E-state index in [1.807, 2.05) is 0 Å². The average Bonchev–Trinajstić information content (AvgIpc) is 2.77. The van der Waals surface area contributed by atoms with Gasteiger partial charge in [0.05, 0.1) is 0 Å². The number of carbonyl (C=O) groups excluding carboxylic acids is 2. The van der Waals surface area contributed by atoms with Crippen LogP contribution in [-0.4, -0.2) is 27.8 Å². The van der Waals surface area contributed by atoms with Crippen molar-refractivity contribution in [1.82, 2.24) is 14.9 Å². The first-order valence-electron chi connectivity index (χ1n) is 6.05. The second-order valence-corrected chi connectivity index (χ2v) is 4.43. The number of nitrogens with one attached hydrogen (secondary N) is 1. The van der Waals surface area contributed by atoms with Crippen LogP contribution in [0.1, 0.15) is 42.7 Å². The first-order valence-corrected chi connectivity index (χ1v) is 6.05. The minimum atomic E-state index is -0.0435. The minimum absolute atomic E-state index is 0.0435. The fourth-order valence-electron chi connectivity index (χ4n) is 2.25. The van der Waals surface area contributed by atoms with Crippen LogP contribution in [0.4, 0.5) is 0 Å². The molecule has 0 atom stereocenters. The third kappa shape index (κ3) is 3.15. The van der Waals surface area contributed by atoms with Gasteiger partial charge in [0.25, 0.3) is 0 Å². The maximum Gasteiger partial charge on any atom is 0.240 e. The molecule has 0 radical (unpaired) electrons. The van der Waals surface area contributed by atoms with E-state index in [1.54, 1.807) is 10.8 Å². The fourth-order valence-corrected chi connectivity index (χ4v) is 2.25. The van der Waals surface area contributed by atoms with Gasteiger partial charge < -0.3 is 9.88 Å². The van der Waals surface area contributed by atoms with Crippen LogP contribution >= 0.6 is 0 Å². The molecule has 0 saturated heterocycles. The summed E-state index contributed by atoms with van der Waals surface area (Å²) < 4.78 is 1.56. The van der Waals surface area contributed by atoms with Crippen molar-refractivity contribution >= 4 is 12.2 Å². The Hall–Kier alpha value is -1.65. The molecule has 1 aromatic rings. The zero-order valence-corrected chi connectivity index (χ0v) is 9.76. The first kappa shape index (κ1) is 11.8. The van der Waals surface area contributed by atoms with Crippen molar-refractivity contribution < 1.29 is 9.59 Å². The second-order valence-electron chi connectivity index (χ2n) is 4.43. The molecule has 1 N–H and O–H groups in total. The SMILES string of the molecule is O=Cc1nccn1CC(=O)NC1CCCCC1. The largest absolute Gasteiger partial charge is 0.352 e. The molecular weight excluding hydrogens is 218 g/mol. The molecule has 0 aromatic carbocycles. The number of nitrogens with zero attached hydrogens (tertiary/aromatic N) is 2. The third-order valence-electron chi connectivity index (χ3n) is 3.14. The Morgan fingerprint density at radius 2 is 2.24 bits per heavy atom. The number of aromatic nitrogens is 2. The van der Waals surface area contributed by atoms with Crippen molar-refractivity contribution in [2.75, 3.05) is 0 Å². The average molecular weight is 235 g/mol. The lowest BCUT2D eigenvalue weighted by Gasteiger charge is -2.22. The van der Waals surface area contributed by atoms with Crippen molar-refractivity contribution in [3.8, 4) is 0 Å². The van der Waals surface area contributed by atoms with E-state index in [0.717, 1.165) is 12.8 Å². The van der Waals surface area contributed by atoms with Gasteiger partial charge in [0.15, 0.2) is 12.1 Å². The molecule has 1 aliphatic rings. The molecule has 1 amide bonds. The molecule has 0 bridgehead atoms. The molecule has 17 heavy (non-hydrogen) atoms. The summed E-state index contributed by atoms with van der Waals surface area (Å²) in [5, 5.41) is 3.00. The lowest BCUT2D eigenvalue weighted by atomic mass is 9.95. The number of aldehydes is 1. The summed E-state index contributed by atoms with van der Waals surface area (Å²) in [6.07, 6.45) is 9.61. The summed E-state index contributed by atoms with van der Waals surface area (Å²) in [5.74, 6) is 0.252. The molecular formula is C12H17N3O2. The van der Waals surface area contributed by atoms with E-state index < -0.39 is 0 Å². The van der Waals surface area contributed by atoms with E-state index in [1.165, 1.54) is 25.5 Å². The van der Waals surface area contributed by atoms with Gasteiger partial charge in [-0.15, -0.1) is 0 Å². The van der Waals surface area contributed by atoms with Crippen molar-refractivity contribution in [2.24, 2.45) is 0 Å². The predicted molar refractivity (Wildman–Crippen MR) is 62.6 cm³/mol. The zero-order chi connectivity index (χ0) is 12.1. The maximum atomic E-state index is 11.8. The van der Waals surface area contributed by atoms with Crippen molar-refractivity contribution in [2.45, 2.75) is 44.7 Å². The Kier molecular flexibility index (Phi) is 3.90. The maximum absolute atomic E-state index is 11.8. The molecule has 1 fully saturated rings. The smallest absolute Gasteiger partial charge is 0.240 e. The van der Waals surface area contributed by atoms with Gasteiger partial charge in [0.1, 0.15) is 6.54 Å². The summed E-state index contributed by atoms with van der Waals surface area (Å²) in [6, 6.07) is 0.305. The summed E-state index contributed by atoms with van der Waals surface area (Å²) >= 11 is 0. The van der Waals surface area contributed by atoms with E-state index in [4.69, 9.17) is 0 Å². The predicted octanol–water partition coefficient (Wildman–Crippen LogP) is 1.14. The molecule has 1 aliphatic carbocycles. The van der Waals surface area contributed by atoms with Gasteiger partial charge in [-0.05, 0) is 12.8 Å². The summed E-state index contributed by atoms with van der Waals surface area (Å²) in [4.78, 5) is 26.3. The number of hydrogen-bond donors (Lipinski definition) is 1. The number of rotatable bonds is 4. The molecule has 92 valence electrons. The molecule has 5 nitrogen and oxygen atoms in total. The molecule has 5 heteroatoms. The van der Waals surface area contributed by atoms with Crippen LogP contribution in [0.3, 0.4) is 0 Å². The van der Waals surface area contributed by atoms with Crippen LogP contribution < -0.4 is 5.32 Å². The second kappa shape index (κ2) is 5.61. The number of amides is 1. The van der Waals surface area contributed by atoms with Crippen LogP contribution in [0.15, 0.2) is 12.4 Å². The third-order valence-corrected chi connectivity index (χ3v) is 3.14. The highest BCUT2D eigenvalue weighted by Gasteiger charge is 2.16. The molecule has 1 saturated carbocycles. The van der Waals surface area contributed by atoms with Gasteiger partial charge in [-0.3, -0.25) is 9.59 Å². The topological polar surface area (TPSA) is 64.0 Å². The molecule has 2 rings (SSSR count). The highest BCUT2D eigenvalue weighted by molar-refractivity contribution is 5.77. The fraction of sp³-hybridized carbons (Fsp3) is 0.583. The van der Waals surface area contributed by atoms with Gasteiger partial charge in [-0.1, -0.05) is 19.3 Å². The van der Waals surface area contributed by atoms with Crippen LogP contribution in [0.2, 0.25) is 0 Å². The number of carbonyl (C=O) groups is 2. The van der Waals surface area contributed by atoms with Crippen LogP contribution in [0, 0.1) is 0 Å². The highest BCUT2D eigenvalue weighted by Crippen LogP contribution is 2.17. The van der Waals surface area contributed by atoms with Crippen molar-refractivity contribution in [1.29, 1.82) is 0 Å². The Morgan fingerprint density at radius 1 is 1.47 bits per heavy atom. The van der Waals surface area contributed by atoms with E-state index in [9.17, 15) is 9.59 Å².